The summed E-state index contributed by atoms with van der Waals surface area (Å²) in [4.78, 5) is 5.17. The number of thiophene rings is 1. The molecule has 0 aliphatic rings. The normalized spacial score (nSPS) is 10.1. The van der Waals surface area contributed by atoms with E-state index in [9.17, 15) is 0 Å². The number of aromatic nitrogens is 1. The highest BCUT2D eigenvalue weighted by molar-refractivity contribution is 7.13. The van der Waals surface area contributed by atoms with Gasteiger partial charge < -0.3 is 0 Å². The van der Waals surface area contributed by atoms with E-state index in [1.807, 2.05) is 29.6 Å². The standard InChI is InChI=1S/C9H6ClNS/c10-9-7(3-1-5-11-9)8-4-2-6-12-8/h1-6H. The Hall–Kier alpha value is -0.860. The first-order chi connectivity index (χ1) is 5.88. The summed E-state index contributed by atoms with van der Waals surface area (Å²) < 4.78 is 0. The summed E-state index contributed by atoms with van der Waals surface area (Å²) in [6.07, 6.45) is 1.69. The van der Waals surface area contributed by atoms with E-state index in [1.165, 1.54) is 0 Å². The second kappa shape index (κ2) is 3.25. The minimum Gasteiger partial charge on any atom is -0.244 e. The Labute approximate surface area is 79.7 Å². The number of pyridine rings is 1. The quantitative estimate of drug-likeness (QED) is 0.635. The smallest absolute Gasteiger partial charge is 0.137 e. The van der Waals surface area contributed by atoms with Crippen molar-refractivity contribution in [2.24, 2.45) is 0 Å². The largest absolute Gasteiger partial charge is 0.244 e. The molecule has 0 saturated heterocycles. The van der Waals surface area contributed by atoms with Crippen LogP contribution in [-0.2, 0) is 0 Å². The fourth-order valence-corrected chi connectivity index (χ4v) is 2.03. The van der Waals surface area contributed by atoms with Crippen LogP contribution >= 0.6 is 22.9 Å². The van der Waals surface area contributed by atoms with Crippen LogP contribution < -0.4 is 0 Å². The molecule has 0 unspecified atom stereocenters. The highest BCUT2D eigenvalue weighted by atomic mass is 35.5. The molecule has 0 bridgehead atoms. The number of halogens is 1. The first-order valence-electron chi connectivity index (χ1n) is 3.52. The Balaban J connectivity index is 2.55. The molecular weight excluding hydrogens is 190 g/mol. The van der Waals surface area contributed by atoms with Crippen LogP contribution in [0.25, 0.3) is 10.4 Å². The Kier molecular flexibility index (Phi) is 2.11. The number of rotatable bonds is 1. The summed E-state index contributed by atoms with van der Waals surface area (Å²) in [7, 11) is 0. The molecule has 1 nitrogen and oxygen atoms in total. The van der Waals surface area contributed by atoms with Crippen molar-refractivity contribution >= 4 is 22.9 Å². The molecule has 12 heavy (non-hydrogen) atoms. The monoisotopic (exact) mass is 195 g/mol. The molecule has 0 amide bonds. The van der Waals surface area contributed by atoms with Crippen molar-refractivity contribution in [1.82, 2.24) is 4.98 Å². The van der Waals surface area contributed by atoms with Crippen LogP contribution in [-0.4, -0.2) is 4.98 Å². The summed E-state index contributed by atoms with van der Waals surface area (Å²) in [6.45, 7) is 0. The van der Waals surface area contributed by atoms with Gasteiger partial charge in [-0.2, -0.15) is 0 Å². The minimum atomic E-state index is 0.569. The summed E-state index contributed by atoms with van der Waals surface area (Å²) in [6, 6.07) is 7.90. The lowest BCUT2D eigenvalue weighted by Crippen LogP contribution is -1.77. The fraction of sp³-hybridized carbons (Fsp3) is 0. The Morgan fingerprint density at radius 2 is 2.17 bits per heavy atom. The third-order valence-corrected chi connectivity index (χ3v) is 2.75. The van der Waals surface area contributed by atoms with Gasteiger partial charge in [0.05, 0.1) is 0 Å². The van der Waals surface area contributed by atoms with E-state index < -0.39 is 0 Å². The van der Waals surface area contributed by atoms with Crippen LogP contribution in [0.2, 0.25) is 5.15 Å². The topological polar surface area (TPSA) is 12.9 Å². The van der Waals surface area contributed by atoms with Gasteiger partial charge in [0, 0.05) is 16.6 Å². The molecule has 0 saturated carbocycles. The van der Waals surface area contributed by atoms with Gasteiger partial charge in [0.15, 0.2) is 0 Å². The fourth-order valence-electron chi connectivity index (χ4n) is 1.00. The van der Waals surface area contributed by atoms with Crippen LogP contribution in [0.1, 0.15) is 0 Å². The first-order valence-corrected chi connectivity index (χ1v) is 4.78. The van der Waals surface area contributed by atoms with Crippen LogP contribution in [0.3, 0.4) is 0 Å². The molecule has 0 aliphatic carbocycles. The maximum atomic E-state index is 5.91. The maximum absolute atomic E-state index is 5.91. The number of nitrogens with zero attached hydrogens (tertiary/aromatic N) is 1. The Morgan fingerprint density at radius 3 is 2.83 bits per heavy atom. The molecule has 0 spiro atoms. The molecule has 0 radical (unpaired) electrons. The minimum absolute atomic E-state index is 0.569. The maximum Gasteiger partial charge on any atom is 0.137 e. The average molecular weight is 196 g/mol. The van der Waals surface area contributed by atoms with Gasteiger partial charge in [0.2, 0.25) is 0 Å². The lowest BCUT2D eigenvalue weighted by atomic mass is 10.2. The van der Waals surface area contributed by atoms with Gasteiger partial charge in [-0.25, -0.2) is 4.98 Å². The van der Waals surface area contributed by atoms with Gasteiger partial charge in [0.25, 0.3) is 0 Å². The van der Waals surface area contributed by atoms with E-state index in [1.54, 1.807) is 17.5 Å². The molecule has 60 valence electrons. The lowest BCUT2D eigenvalue weighted by Gasteiger charge is -1.97. The Morgan fingerprint density at radius 1 is 1.25 bits per heavy atom. The second-order valence-corrected chi connectivity index (χ2v) is 3.62. The number of hydrogen-bond acceptors (Lipinski definition) is 2. The van der Waals surface area contributed by atoms with Gasteiger partial charge in [-0.05, 0) is 23.6 Å². The van der Waals surface area contributed by atoms with Crippen molar-refractivity contribution in [2.45, 2.75) is 0 Å². The van der Waals surface area contributed by atoms with Crippen molar-refractivity contribution in [1.29, 1.82) is 0 Å². The van der Waals surface area contributed by atoms with Crippen molar-refractivity contribution in [3.63, 3.8) is 0 Å². The summed E-state index contributed by atoms with van der Waals surface area (Å²) in [5, 5.41) is 2.60. The predicted molar refractivity (Wildman–Crippen MR) is 52.6 cm³/mol. The highest BCUT2D eigenvalue weighted by Crippen LogP contribution is 2.29. The molecule has 2 heterocycles. The van der Waals surface area contributed by atoms with Crippen molar-refractivity contribution in [2.75, 3.05) is 0 Å². The van der Waals surface area contributed by atoms with Crippen molar-refractivity contribution in [3.8, 4) is 10.4 Å². The molecule has 0 N–H and O–H groups in total. The van der Waals surface area contributed by atoms with Gasteiger partial charge in [-0.1, -0.05) is 17.7 Å². The predicted octanol–water partition coefficient (Wildman–Crippen LogP) is 3.46. The van der Waals surface area contributed by atoms with Gasteiger partial charge in [0.1, 0.15) is 5.15 Å². The van der Waals surface area contributed by atoms with E-state index >= 15 is 0 Å². The third-order valence-electron chi connectivity index (χ3n) is 1.55. The summed E-state index contributed by atoms with van der Waals surface area (Å²) >= 11 is 7.58. The molecule has 3 heteroatoms. The van der Waals surface area contributed by atoms with Gasteiger partial charge in [-0.3, -0.25) is 0 Å². The van der Waals surface area contributed by atoms with E-state index in [4.69, 9.17) is 11.6 Å². The summed E-state index contributed by atoms with van der Waals surface area (Å²) in [5.74, 6) is 0. The van der Waals surface area contributed by atoms with Gasteiger partial charge >= 0.3 is 0 Å². The van der Waals surface area contributed by atoms with Crippen LogP contribution in [0.5, 0.6) is 0 Å². The molecule has 0 aromatic carbocycles. The zero-order valence-electron chi connectivity index (χ0n) is 6.20. The lowest BCUT2D eigenvalue weighted by molar-refractivity contribution is 1.33. The molecule has 2 rings (SSSR count). The van der Waals surface area contributed by atoms with E-state index in [0.717, 1.165) is 10.4 Å². The zero-order valence-corrected chi connectivity index (χ0v) is 7.77. The van der Waals surface area contributed by atoms with E-state index in [2.05, 4.69) is 4.98 Å². The Bertz CT molecular complexity index is 370. The molecule has 0 atom stereocenters. The molecule has 2 aromatic heterocycles. The average Bonchev–Trinajstić information content (AvgIpc) is 2.57. The SMILES string of the molecule is Clc1ncccc1-c1cccs1. The van der Waals surface area contributed by atoms with E-state index in [-0.39, 0.29) is 0 Å². The molecule has 0 fully saturated rings. The molecule has 0 aliphatic heterocycles. The third kappa shape index (κ3) is 1.36. The van der Waals surface area contributed by atoms with Crippen LogP contribution in [0, 0.1) is 0 Å². The zero-order chi connectivity index (χ0) is 8.39. The highest BCUT2D eigenvalue weighted by Gasteiger charge is 2.02. The van der Waals surface area contributed by atoms with Crippen molar-refractivity contribution in [3.05, 3.63) is 41.0 Å². The molecular formula is C9H6ClNS. The van der Waals surface area contributed by atoms with Crippen LogP contribution in [0.4, 0.5) is 0 Å². The summed E-state index contributed by atoms with van der Waals surface area (Å²) in [5.41, 5.74) is 1.01. The van der Waals surface area contributed by atoms with Crippen molar-refractivity contribution < 1.29 is 0 Å². The second-order valence-electron chi connectivity index (χ2n) is 2.32. The van der Waals surface area contributed by atoms with E-state index in [0.29, 0.717) is 5.15 Å². The first kappa shape index (κ1) is 7.77. The van der Waals surface area contributed by atoms with Gasteiger partial charge in [-0.15, -0.1) is 11.3 Å². The van der Waals surface area contributed by atoms with Crippen LogP contribution in [0.15, 0.2) is 35.8 Å². The number of hydrogen-bond donors (Lipinski definition) is 0. The molecule has 2 aromatic rings.